The summed E-state index contributed by atoms with van der Waals surface area (Å²) in [7, 11) is 0. The zero-order valence-electron chi connectivity index (χ0n) is 19.0. The fraction of sp³-hybridized carbons (Fsp3) is 0.519. The normalized spacial score (nSPS) is 35.4. The van der Waals surface area contributed by atoms with E-state index in [1.54, 1.807) is 18.2 Å². The lowest BCUT2D eigenvalue weighted by Crippen LogP contribution is -2.78. The number of aliphatic hydroxyl groups is 1. The van der Waals surface area contributed by atoms with E-state index in [0.717, 1.165) is 41.9 Å². The summed E-state index contributed by atoms with van der Waals surface area (Å²) in [5, 5.41) is 26.4. The monoisotopic (exact) mass is 524 g/mol. The molecule has 1 unspecified atom stereocenters. The predicted molar refractivity (Wildman–Crippen MR) is 130 cm³/mol. The van der Waals surface area contributed by atoms with Gasteiger partial charge in [0.1, 0.15) is 6.10 Å². The minimum Gasteiger partial charge on any atom is -0.504 e. The summed E-state index contributed by atoms with van der Waals surface area (Å²) in [6.45, 7) is 1.96. The first-order chi connectivity index (χ1) is 16.4. The van der Waals surface area contributed by atoms with Crippen molar-refractivity contribution in [1.82, 2.24) is 10.2 Å². The molecular weight excluding hydrogens is 496 g/mol. The van der Waals surface area contributed by atoms with Crippen molar-refractivity contribution in [2.24, 2.45) is 5.92 Å². The molecule has 2 aromatic rings. The fourth-order valence-corrected chi connectivity index (χ4v) is 7.75. The molecule has 2 saturated carbocycles. The number of benzene rings is 2. The molecular formula is C27H29BrN2O4. The summed E-state index contributed by atoms with van der Waals surface area (Å²) in [6.07, 6.45) is 4.97. The van der Waals surface area contributed by atoms with Gasteiger partial charge in [-0.15, -0.1) is 0 Å². The number of likely N-dealkylation sites (tertiary alicyclic amines) is 1. The van der Waals surface area contributed by atoms with Gasteiger partial charge in [0.15, 0.2) is 11.5 Å². The van der Waals surface area contributed by atoms with Gasteiger partial charge in [0, 0.05) is 28.2 Å². The smallest absolute Gasteiger partial charge is 0.251 e. The van der Waals surface area contributed by atoms with Crippen LogP contribution in [0, 0.1) is 5.92 Å². The van der Waals surface area contributed by atoms with E-state index in [1.807, 2.05) is 18.2 Å². The van der Waals surface area contributed by atoms with Gasteiger partial charge in [0.05, 0.1) is 17.1 Å². The van der Waals surface area contributed by atoms with Gasteiger partial charge in [-0.05, 0) is 86.9 Å². The van der Waals surface area contributed by atoms with Crippen molar-refractivity contribution >= 4 is 21.8 Å². The molecule has 0 radical (unpaired) electrons. The van der Waals surface area contributed by atoms with E-state index in [4.69, 9.17) is 4.74 Å². The Labute approximate surface area is 207 Å². The summed E-state index contributed by atoms with van der Waals surface area (Å²) < 4.78 is 7.45. The number of phenolic OH excluding ortho intramolecular Hbond substituents is 1. The van der Waals surface area contributed by atoms with Crippen molar-refractivity contribution in [1.29, 1.82) is 0 Å². The van der Waals surface area contributed by atoms with Gasteiger partial charge in [-0.3, -0.25) is 9.69 Å². The number of carbonyl (C=O) groups is 1. The number of halogens is 1. The van der Waals surface area contributed by atoms with Gasteiger partial charge in [0.25, 0.3) is 5.91 Å². The Bertz CT molecular complexity index is 1180. The van der Waals surface area contributed by atoms with Crippen LogP contribution in [-0.4, -0.2) is 57.9 Å². The lowest BCUT2D eigenvalue weighted by Gasteiger charge is -2.64. The summed E-state index contributed by atoms with van der Waals surface area (Å²) in [4.78, 5) is 15.7. The molecule has 1 spiro atoms. The van der Waals surface area contributed by atoms with Gasteiger partial charge in [0.2, 0.25) is 0 Å². The Morgan fingerprint density at radius 2 is 1.94 bits per heavy atom. The van der Waals surface area contributed by atoms with Crippen molar-refractivity contribution in [3.63, 3.8) is 0 Å². The number of piperidine rings is 1. The Morgan fingerprint density at radius 1 is 1.15 bits per heavy atom. The number of ether oxygens (including phenoxy) is 1. The number of hydrogen-bond donors (Lipinski definition) is 3. The van der Waals surface area contributed by atoms with Crippen LogP contribution in [0.1, 0.15) is 53.6 Å². The summed E-state index contributed by atoms with van der Waals surface area (Å²) in [6, 6.07) is 10.9. The standard InChI is InChI=1S/C27H29BrN2O4/c28-18-6-3-16(4-7-18)25(32)29-19-9-10-27(33)21-13-17-5-8-20(31)23-22(17)26(27,24(19)34-23)11-12-30(21)14-15-1-2-15/h3-8,15,19,21,24,31,33H,1-2,9-14H2,(H,29,32)/t19-,21-,24+,26?,27-/m1/s1. The molecule has 3 fully saturated rings. The van der Waals surface area contributed by atoms with E-state index in [9.17, 15) is 15.0 Å². The number of amides is 1. The highest BCUT2D eigenvalue weighted by molar-refractivity contribution is 9.10. The molecule has 6 nitrogen and oxygen atoms in total. The average Bonchev–Trinajstić information content (AvgIpc) is 3.56. The van der Waals surface area contributed by atoms with Crippen LogP contribution in [0.4, 0.5) is 0 Å². The zero-order chi connectivity index (χ0) is 23.2. The molecule has 2 bridgehead atoms. The fourth-order valence-electron chi connectivity index (χ4n) is 7.48. The highest BCUT2D eigenvalue weighted by Gasteiger charge is 2.73. The van der Waals surface area contributed by atoms with Crippen LogP contribution in [-0.2, 0) is 11.8 Å². The van der Waals surface area contributed by atoms with Gasteiger partial charge >= 0.3 is 0 Å². The van der Waals surface area contributed by atoms with E-state index in [-0.39, 0.29) is 23.7 Å². The maximum Gasteiger partial charge on any atom is 0.251 e. The quantitative estimate of drug-likeness (QED) is 0.570. The lowest BCUT2D eigenvalue weighted by atomic mass is 9.48. The Kier molecular flexibility index (Phi) is 4.50. The van der Waals surface area contributed by atoms with Gasteiger partial charge in [-0.2, -0.15) is 0 Å². The number of aromatic hydroxyl groups is 1. The van der Waals surface area contributed by atoms with Crippen LogP contribution in [0.25, 0.3) is 0 Å². The van der Waals surface area contributed by atoms with E-state index in [2.05, 4.69) is 26.1 Å². The number of nitrogens with one attached hydrogen (secondary N) is 1. The van der Waals surface area contributed by atoms with Crippen LogP contribution in [0.5, 0.6) is 11.5 Å². The van der Waals surface area contributed by atoms with Crippen LogP contribution in [0.3, 0.4) is 0 Å². The molecule has 2 aliphatic heterocycles. The van der Waals surface area contributed by atoms with Crippen LogP contribution < -0.4 is 10.1 Å². The first kappa shape index (κ1) is 21.2. The van der Waals surface area contributed by atoms with Crippen molar-refractivity contribution in [3.05, 3.63) is 57.6 Å². The molecule has 2 aromatic carbocycles. The molecule has 1 amide bonds. The summed E-state index contributed by atoms with van der Waals surface area (Å²) >= 11 is 3.42. The van der Waals surface area contributed by atoms with Crippen molar-refractivity contribution in [3.8, 4) is 11.5 Å². The second-order valence-corrected chi connectivity index (χ2v) is 11.8. The summed E-state index contributed by atoms with van der Waals surface area (Å²) in [5.41, 5.74) is 1.21. The molecule has 3 aliphatic carbocycles. The molecule has 0 aromatic heterocycles. The van der Waals surface area contributed by atoms with Gasteiger partial charge < -0.3 is 20.3 Å². The maximum absolute atomic E-state index is 13.1. The molecule has 7 heteroatoms. The van der Waals surface area contributed by atoms with E-state index in [1.165, 1.54) is 18.4 Å². The molecule has 2 heterocycles. The van der Waals surface area contributed by atoms with E-state index in [0.29, 0.717) is 24.2 Å². The topological polar surface area (TPSA) is 82.0 Å². The third kappa shape index (κ3) is 2.78. The Balaban J connectivity index is 1.29. The molecule has 7 rings (SSSR count). The number of carbonyl (C=O) groups excluding carboxylic acids is 1. The molecule has 5 atom stereocenters. The highest BCUT2D eigenvalue weighted by atomic mass is 79.9. The minimum atomic E-state index is -0.935. The van der Waals surface area contributed by atoms with Crippen LogP contribution in [0.15, 0.2) is 40.9 Å². The largest absolute Gasteiger partial charge is 0.504 e. The molecule has 3 N–H and O–H groups in total. The molecule has 34 heavy (non-hydrogen) atoms. The first-order valence-corrected chi connectivity index (χ1v) is 13.2. The number of nitrogens with zero attached hydrogens (tertiary/aromatic N) is 1. The van der Waals surface area contributed by atoms with Crippen molar-refractivity contribution < 1.29 is 19.7 Å². The second-order valence-electron chi connectivity index (χ2n) is 10.9. The molecule has 178 valence electrons. The Hall–Kier alpha value is -2.09. The minimum absolute atomic E-state index is 0.0408. The van der Waals surface area contributed by atoms with Crippen LogP contribution in [0.2, 0.25) is 0 Å². The SMILES string of the molecule is O=C(N[C@@H]1CC[C@@]2(O)[C@H]3Cc4ccc(O)c5c4C2(CCN3CC2CC2)[C@H]1O5)c1ccc(Br)cc1. The zero-order valence-corrected chi connectivity index (χ0v) is 20.6. The third-order valence-corrected chi connectivity index (χ3v) is 9.71. The van der Waals surface area contributed by atoms with Gasteiger partial charge in [-0.25, -0.2) is 0 Å². The predicted octanol–water partition coefficient (Wildman–Crippen LogP) is 3.52. The van der Waals surface area contributed by atoms with E-state index < -0.39 is 17.1 Å². The Morgan fingerprint density at radius 3 is 2.71 bits per heavy atom. The second kappa shape index (κ2) is 7.21. The first-order valence-electron chi connectivity index (χ1n) is 12.5. The lowest BCUT2D eigenvalue weighted by molar-refractivity contribution is -0.191. The number of hydrogen-bond acceptors (Lipinski definition) is 5. The summed E-state index contributed by atoms with van der Waals surface area (Å²) in [5.74, 6) is 1.26. The molecule has 5 aliphatic rings. The van der Waals surface area contributed by atoms with Gasteiger partial charge in [-0.1, -0.05) is 22.0 Å². The third-order valence-electron chi connectivity index (χ3n) is 9.19. The highest BCUT2D eigenvalue weighted by Crippen LogP contribution is 2.65. The van der Waals surface area contributed by atoms with Crippen LogP contribution >= 0.6 is 15.9 Å². The maximum atomic E-state index is 13.1. The van der Waals surface area contributed by atoms with Crippen molar-refractivity contribution in [2.45, 2.75) is 67.7 Å². The molecule has 1 saturated heterocycles. The van der Waals surface area contributed by atoms with Crippen molar-refractivity contribution in [2.75, 3.05) is 13.1 Å². The average molecular weight is 525 g/mol. The number of phenols is 1. The van der Waals surface area contributed by atoms with E-state index >= 15 is 0 Å². The number of rotatable bonds is 4.